The van der Waals surface area contributed by atoms with E-state index in [1.807, 2.05) is 0 Å². The molecule has 3 rings (SSSR count). The van der Waals surface area contributed by atoms with Crippen LogP contribution >= 0.6 is 0 Å². The van der Waals surface area contributed by atoms with E-state index in [0.717, 1.165) is 0 Å². The Bertz CT molecular complexity index is 939. The van der Waals surface area contributed by atoms with Crippen LogP contribution in [-0.4, -0.2) is 41.7 Å². The van der Waals surface area contributed by atoms with Crippen LogP contribution < -0.4 is 10.4 Å². The van der Waals surface area contributed by atoms with Crippen LogP contribution in [0, 0.1) is 20.8 Å². The minimum Gasteiger partial charge on any atom is -0.487 e. The molecule has 130 valence electrons. The molecule has 0 saturated carbocycles. The average Bonchev–Trinajstić information content (AvgIpc) is 2.66. The predicted octanol–water partition coefficient (Wildman–Crippen LogP) is 0.750. The van der Waals surface area contributed by atoms with Gasteiger partial charge in [-0.1, -0.05) is 0 Å². The third-order valence-corrected chi connectivity index (χ3v) is 6.11. The smallest absolute Gasteiger partial charge is 0.339 e. The van der Waals surface area contributed by atoms with Gasteiger partial charge in [0.05, 0.1) is 30.5 Å². The lowest BCUT2D eigenvalue weighted by atomic mass is 10.2. The standard InChI is InChI=1S/C15H19N3O5S/c1-9-5-12(6-14(19)22-9)23-13-7-18(8-13)24(20,21)15-10(2)16-17(4)11(15)3/h5-6,13H,7-8H2,1-4H3. The maximum Gasteiger partial charge on any atom is 0.339 e. The summed E-state index contributed by atoms with van der Waals surface area (Å²) in [6.07, 6.45) is -0.293. The number of aryl methyl sites for hydroxylation is 3. The van der Waals surface area contributed by atoms with Gasteiger partial charge in [0.2, 0.25) is 10.0 Å². The maximum atomic E-state index is 12.7. The Hall–Kier alpha value is -2.13. The number of aromatic nitrogens is 2. The molecule has 1 saturated heterocycles. The summed E-state index contributed by atoms with van der Waals surface area (Å²) in [5, 5.41) is 4.16. The van der Waals surface area contributed by atoms with Crippen molar-refractivity contribution >= 4 is 10.0 Å². The molecule has 0 atom stereocenters. The molecule has 2 aromatic heterocycles. The van der Waals surface area contributed by atoms with Crippen LogP contribution in [0.15, 0.2) is 26.2 Å². The Morgan fingerprint density at radius 1 is 1.25 bits per heavy atom. The Morgan fingerprint density at radius 3 is 2.46 bits per heavy atom. The third-order valence-electron chi connectivity index (χ3n) is 4.02. The van der Waals surface area contributed by atoms with E-state index in [1.54, 1.807) is 38.6 Å². The highest BCUT2D eigenvalue weighted by Crippen LogP contribution is 2.28. The van der Waals surface area contributed by atoms with E-state index >= 15 is 0 Å². The number of sulfonamides is 1. The molecule has 1 aliphatic rings. The lowest BCUT2D eigenvalue weighted by molar-refractivity contribution is 0.0753. The van der Waals surface area contributed by atoms with Crippen molar-refractivity contribution in [2.45, 2.75) is 31.8 Å². The Labute approximate surface area is 139 Å². The highest BCUT2D eigenvalue weighted by molar-refractivity contribution is 7.89. The second-order valence-corrected chi connectivity index (χ2v) is 7.78. The van der Waals surface area contributed by atoms with Crippen LogP contribution in [0.1, 0.15) is 17.1 Å². The van der Waals surface area contributed by atoms with Crippen molar-refractivity contribution in [2.75, 3.05) is 13.1 Å². The first kappa shape index (κ1) is 16.7. The highest BCUT2D eigenvalue weighted by atomic mass is 32.2. The van der Waals surface area contributed by atoms with E-state index in [2.05, 4.69) is 5.10 Å². The molecule has 0 N–H and O–H groups in total. The van der Waals surface area contributed by atoms with Crippen LogP contribution in [0.3, 0.4) is 0 Å². The first-order valence-electron chi connectivity index (χ1n) is 7.47. The number of rotatable bonds is 4. The van der Waals surface area contributed by atoms with Gasteiger partial charge in [0, 0.05) is 13.1 Å². The zero-order valence-electron chi connectivity index (χ0n) is 13.9. The minimum atomic E-state index is -3.59. The van der Waals surface area contributed by atoms with Gasteiger partial charge in [0.15, 0.2) is 0 Å². The van der Waals surface area contributed by atoms with Gasteiger partial charge < -0.3 is 9.15 Å². The fraction of sp³-hybridized carbons (Fsp3) is 0.467. The van der Waals surface area contributed by atoms with Crippen LogP contribution in [0.2, 0.25) is 0 Å². The van der Waals surface area contributed by atoms with E-state index in [0.29, 0.717) is 22.9 Å². The molecular weight excluding hydrogens is 334 g/mol. The zero-order valence-corrected chi connectivity index (χ0v) is 14.8. The number of ether oxygens (including phenoxy) is 1. The molecule has 0 amide bonds. The molecule has 0 radical (unpaired) electrons. The maximum absolute atomic E-state index is 12.7. The van der Waals surface area contributed by atoms with Gasteiger partial charge in [-0.2, -0.15) is 9.40 Å². The van der Waals surface area contributed by atoms with Gasteiger partial charge in [-0.15, -0.1) is 0 Å². The van der Waals surface area contributed by atoms with E-state index in [9.17, 15) is 13.2 Å². The molecule has 0 spiro atoms. The molecule has 1 fully saturated rings. The lowest BCUT2D eigenvalue weighted by Gasteiger charge is -2.37. The second-order valence-electron chi connectivity index (χ2n) is 5.91. The van der Waals surface area contributed by atoms with Gasteiger partial charge in [-0.25, -0.2) is 13.2 Å². The highest BCUT2D eigenvalue weighted by Gasteiger charge is 2.40. The topological polar surface area (TPSA) is 94.6 Å². The summed E-state index contributed by atoms with van der Waals surface area (Å²) in [6, 6.07) is 2.85. The third kappa shape index (κ3) is 2.84. The number of nitrogens with zero attached hydrogens (tertiary/aromatic N) is 3. The number of hydrogen-bond donors (Lipinski definition) is 0. The summed E-state index contributed by atoms with van der Waals surface area (Å²) in [7, 11) is -1.88. The Kier molecular flexibility index (Phi) is 4.00. The van der Waals surface area contributed by atoms with E-state index in [-0.39, 0.29) is 24.1 Å². The van der Waals surface area contributed by atoms with Crippen molar-refractivity contribution in [1.82, 2.24) is 14.1 Å². The van der Waals surface area contributed by atoms with Crippen molar-refractivity contribution < 1.29 is 17.6 Å². The molecule has 1 aliphatic heterocycles. The van der Waals surface area contributed by atoms with Gasteiger partial charge in [0.1, 0.15) is 22.5 Å². The summed E-state index contributed by atoms with van der Waals surface area (Å²) in [4.78, 5) is 11.6. The fourth-order valence-corrected chi connectivity index (χ4v) is 4.67. The molecule has 0 unspecified atom stereocenters. The molecule has 9 heteroatoms. The van der Waals surface area contributed by atoms with Crippen LogP contribution in [0.25, 0.3) is 0 Å². The first-order valence-corrected chi connectivity index (χ1v) is 8.91. The summed E-state index contributed by atoms with van der Waals surface area (Å²) in [6.45, 7) is 5.52. The molecule has 0 aliphatic carbocycles. The summed E-state index contributed by atoms with van der Waals surface area (Å²) < 4.78 is 38.9. The van der Waals surface area contributed by atoms with Crippen LogP contribution in [0.4, 0.5) is 0 Å². The molecular formula is C15H19N3O5S. The molecule has 3 heterocycles. The number of hydrogen-bond acceptors (Lipinski definition) is 6. The van der Waals surface area contributed by atoms with Crippen molar-refractivity contribution in [3.8, 4) is 5.75 Å². The van der Waals surface area contributed by atoms with Crippen molar-refractivity contribution in [1.29, 1.82) is 0 Å². The second kappa shape index (κ2) is 5.75. The van der Waals surface area contributed by atoms with Gasteiger partial charge in [0.25, 0.3) is 0 Å². The van der Waals surface area contributed by atoms with Crippen molar-refractivity contribution in [2.24, 2.45) is 7.05 Å². The fourth-order valence-electron chi connectivity index (χ4n) is 2.76. The molecule has 8 nitrogen and oxygen atoms in total. The minimum absolute atomic E-state index is 0.232. The molecule has 24 heavy (non-hydrogen) atoms. The zero-order chi connectivity index (χ0) is 17.6. The van der Waals surface area contributed by atoms with Crippen LogP contribution in [-0.2, 0) is 17.1 Å². The van der Waals surface area contributed by atoms with E-state index in [1.165, 1.54) is 10.4 Å². The largest absolute Gasteiger partial charge is 0.487 e. The Balaban J connectivity index is 1.73. The molecule has 0 bridgehead atoms. The van der Waals surface area contributed by atoms with Gasteiger partial charge >= 0.3 is 5.63 Å². The quantitative estimate of drug-likeness (QED) is 0.805. The lowest BCUT2D eigenvalue weighted by Crippen LogP contribution is -2.56. The van der Waals surface area contributed by atoms with Gasteiger partial charge in [-0.3, -0.25) is 4.68 Å². The molecule has 2 aromatic rings. The normalized spacial score (nSPS) is 16.2. The SMILES string of the molecule is Cc1cc(OC2CN(S(=O)(=O)c3c(C)nn(C)c3C)C2)cc(=O)o1. The molecule has 0 aromatic carbocycles. The predicted molar refractivity (Wildman–Crippen MR) is 85.6 cm³/mol. The first-order chi connectivity index (χ1) is 11.2. The summed E-state index contributed by atoms with van der Waals surface area (Å²) in [5.41, 5.74) is 0.597. The summed E-state index contributed by atoms with van der Waals surface area (Å²) in [5.74, 6) is 0.836. The van der Waals surface area contributed by atoms with Crippen molar-refractivity contribution in [3.63, 3.8) is 0 Å². The van der Waals surface area contributed by atoms with E-state index in [4.69, 9.17) is 9.15 Å². The van der Waals surface area contributed by atoms with E-state index < -0.39 is 15.6 Å². The van der Waals surface area contributed by atoms with Crippen LogP contribution in [0.5, 0.6) is 5.75 Å². The monoisotopic (exact) mass is 353 g/mol. The average molecular weight is 353 g/mol. The van der Waals surface area contributed by atoms with Crippen molar-refractivity contribution in [3.05, 3.63) is 39.7 Å². The Morgan fingerprint density at radius 2 is 1.92 bits per heavy atom. The summed E-state index contributed by atoms with van der Waals surface area (Å²) >= 11 is 0. The van der Waals surface area contributed by atoms with Gasteiger partial charge in [-0.05, 0) is 20.8 Å².